The van der Waals surface area contributed by atoms with Crippen molar-refractivity contribution in [3.05, 3.63) is 46.7 Å². The number of carbonyl (C=O) groups is 1. The van der Waals surface area contributed by atoms with E-state index in [-0.39, 0.29) is 17.2 Å². The lowest BCUT2D eigenvalue weighted by Gasteiger charge is -2.41. The topological polar surface area (TPSA) is 32.3 Å². The summed E-state index contributed by atoms with van der Waals surface area (Å²) in [5.74, 6) is 0.266. The van der Waals surface area contributed by atoms with E-state index in [2.05, 4.69) is 62.2 Å². The van der Waals surface area contributed by atoms with E-state index in [0.29, 0.717) is 6.42 Å². The molecular weight excluding hydrogens is 328 g/mol. The molecule has 1 unspecified atom stereocenters. The van der Waals surface area contributed by atoms with Crippen molar-refractivity contribution in [2.45, 2.75) is 64.8 Å². The molecule has 1 heterocycles. The number of carbonyl (C=O) groups excluding carboxylic acids is 1. The molecule has 134 valence electrons. The molecule has 0 fully saturated rings. The Labute approximate surface area is 156 Å². The molecule has 3 rings (SSSR count). The Hall–Kier alpha value is -1.68. The minimum absolute atomic E-state index is 0.113. The van der Waals surface area contributed by atoms with E-state index in [1.165, 1.54) is 5.56 Å². The van der Waals surface area contributed by atoms with Gasteiger partial charge in [-0.3, -0.25) is 4.79 Å². The average molecular weight is 357 g/mol. The summed E-state index contributed by atoms with van der Waals surface area (Å²) in [7, 11) is 0. The van der Waals surface area contributed by atoms with Crippen LogP contribution in [0.1, 0.15) is 70.5 Å². The molecule has 0 saturated carbocycles. The highest BCUT2D eigenvalue weighted by Gasteiger charge is 2.36. The predicted octanol–water partition coefficient (Wildman–Crippen LogP) is 4.63. The lowest BCUT2D eigenvalue weighted by Crippen LogP contribution is -2.49. The Balaban J connectivity index is 2.02. The summed E-state index contributed by atoms with van der Waals surface area (Å²) in [6, 6.07) is 8.52. The van der Waals surface area contributed by atoms with Crippen LogP contribution in [-0.4, -0.2) is 22.3 Å². The van der Waals surface area contributed by atoms with Gasteiger partial charge in [0.15, 0.2) is 10.9 Å². The molecule has 1 aliphatic heterocycles. The molecule has 2 aliphatic rings. The lowest BCUT2D eigenvalue weighted by molar-refractivity contribution is -0.116. The fourth-order valence-electron chi connectivity index (χ4n) is 3.74. The number of hydrogen-bond donors (Lipinski definition) is 1. The van der Waals surface area contributed by atoms with Crippen LogP contribution >= 0.6 is 12.2 Å². The number of thiocarbonyl (C=S) groups is 1. The standard InChI is InChI=1S/C21H28N2OS/c1-5-13-23-16-7-6-8-17(24)18(16)19(22-20(23)25)14-9-11-15(12-10-14)21(2,3)4/h9-12,19H,5-8,13H2,1-4H3,(H,22,25). The first-order chi connectivity index (χ1) is 11.8. The van der Waals surface area contributed by atoms with Crippen LogP contribution in [0.25, 0.3) is 0 Å². The summed E-state index contributed by atoms with van der Waals surface area (Å²) in [4.78, 5) is 14.9. The van der Waals surface area contributed by atoms with Crippen LogP contribution in [0.4, 0.5) is 0 Å². The van der Waals surface area contributed by atoms with Gasteiger partial charge in [-0.2, -0.15) is 0 Å². The molecular formula is C21H28N2OS. The third-order valence-corrected chi connectivity index (χ3v) is 5.45. The Kier molecular flexibility index (Phi) is 5.01. The first-order valence-electron chi connectivity index (χ1n) is 9.27. The number of Topliss-reactive ketones (excluding diaryl/α,β-unsaturated/α-hetero) is 1. The summed E-state index contributed by atoms with van der Waals surface area (Å²) in [6.07, 6.45) is 3.52. The van der Waals surface area contributed by atoms with Crippen molar-refractivity contribution < 1.29 is 4.79 Å². The van der Waals surface area contributed by atoms with E-state index in [1.807, 2.05) is 0 Å². The van der Waals surface area contributed by atoms with Crippen molar-refractivity contribution in [3.63, 3.8) is 0 Å². The lowest BCUT2D eigenvalue weighted by atomic mass is 9.82. The van der Waals surface area contributed by atoms with Crippen LogP contribution in [0.2, 0.25) is 0 Å². The molecule has 25 heavy (non-hydrogen) atoms. The highest BCUT2D eigenvalue weighted by molar-refractivity contribution is 7.80. The smallest absolute Gasteiger partial charge is 0.173 e. The molecule has 1 N–H and O–H groups in total. The molecule has 1 aliphatic carbocycles. The second-order valence-corrected chi connectivity index (χ2v) is 8.43. The normalized spacial score (nSPS) is 21.3. The summed E-state index contributed by atoms with van der Waals surface area (Å²) in [6.45, 7) is 9.65. The van der Waals surface area contributed by atoms with E-state index in [4.69, 9.17) is 12.2 Å². The molecule has 0 spiro atoms. The third kappa shape index (κ3) is 3.50. The Morgan fingerprint density at radius 3 is 2.48 bits per heavy atom. The first-order valence-corrected chi connectivity index (χ1v) is 9.68. The van der Waals surface area contributed by atoms with Crippen molar-refractivity contribution in [2.75, 3.05) is 6.54 Å². The number of rotatable bonds is 3. The number of nitrogens with one attached hydrogen (secondary N) is 1. The van der Waals surface area contributed by atoms with Crippen LogP contribution in [0, 0.1) is 0 Å². The number of allylic oxidation sites excluding steroid dienone is 1. The van der Waals surface area contributed by atoms with Crippen LogP contribution in [-0.2, 0) is 10.2 Å². The van der Waals surface area contributed by atoms with Gasteiger partial charge < -0.3 is 10.2 Å². The van der Waals surface area contributed by atoms with Crippen molar-refractivity contribution in [1.82, 2.24) is 10.2 Å². The van der Waals surface area contributed by atoms with Crippen LogP contribution in [0.3, 0.4) is 0 Å². The number of nitrogens with zero attached hydrogens (tertiary/aromatic N) is 1. The zero-order valence-electron chi connectivity index (χ0n) is 15.7. The SMILES string of the molecule is CCCN1C(=S)NC(c2ccc(C(C)(C)C)cc2)C2=C1CCCC2=O. The molecule has 1 atom stereocenters. The fourth-order valence-corrected chi connectivity index (χ4v) is 4.06. The van der Waals surface area contributed by atoms with Crippen molar-refractivity contribution in [1.29, 1.82) is 0 Å². The maximum atomic E-state index is 12.7. The summed E-state index contributed by atoms with van der Waals surface area (Å²) < 4.78 is 0. The molecule has 3 nitrogen and oxygen atoms in total. The minimum atomic E-state index is -0.113. The van der Waals surface area contributed by atoms with Crippen LogP contribution in [0.5, 0.6) is 0 Å². The monoisotopic (exact) mass is 356 g/mol. The third-order valence-electron chi connectivity index (χ3n) is 5.11. The maximum Gasteiger partial charge on any atom is 0.173 e. The van der Waals surface area contributed by atoms with E-state index in [1.54, 1.807) is 0 Å². The van der Waals surface area contributed by atoms with E-state index < -0.39 is 0 Å². The number of benzene rings is 1. The van der Waals surface area contributed by atoms with Crippen molar-refractivity contribution >= 4 is 23.1 Å². The predicted molar refractivity (Wildman–Crippen MR) is 106 cm³/mol. The van der Waals surface area contributed by atoms with Crippen LogP contribution in [0.15, 0.2) is 35.5 Å². The molecule has 0 aromatic heterocycles. The van der Waals surface area contributed by atoms with E-state index in [0.717, 1.165) is 47.8 Å². The largest absolute Gasteiger partial charge is 0.351 e. The van der Waals surface area contributed by atoms with Gasteiger partial charge >= 0.3 is 0 Å². The van der Waals surface area contributed by atoms with Crippen molar-refractivity contribution in [2.24, 2.45) is 0 Å². The van der Waals surface area contributed by atoms with Gasteiger partial charge in [0.1, 0.15) is 0 Å². The highest BCUT2D eigenvalue weighted by Crippen LogP contribution is 2.37. The fraction of sp³-hybridized carbons (Fsp3) is 0.524. The van der Waals surface area contributed by atoms with Gasteiger partial charge in [-0.1, -0.05) is 52.0 Å². The van der Waals surface area contributed by atoms with E-state index >= 15 is 0 Å². The van der Waals surface area contributed by atoms with Gasteiger partial charge in [0.2, 0.25) is 0 Å². The summed E-state index contributed by atoms with van der Waals surface area (Å²) in [5, 5.41) is 4.18. The molecule has 0 radical (unpaired) electrons. The zero-order chi connectivity index (χ0) is 18.2. The van der Waals surface area contributed by atoms with E-state index in [9.17, 15) is 4.79 Å². The Morgan fingerprint density at radius 2 is 1.88 bits per heavy atom. The Morgan fingerprint density at radius 1 is 1.20 bits per heavy atom. The Bertz CT molecular complexity index is 712. The van der Waals surface area contributed by atoms with Crippen LogP contribution < -0.4 is 5.32 Å². The first kappa shape index (κ1) is 18.1. The highest BCUT2D eigenvalue weighted by atomic mass is 32.1. The number of hydrogen-bond acceptors (Lipinski definition) is 2. The van der Waals surface area contributed by atoms with Gasteiger partial charge in [-0.05, 0) is 48.0 Å². The zero-order valence-corrected chi connectivity index (χ0v) is 16.5. The van der Waals surface area contributed by atoms with Gasteiger partial charge in [-0.25, -0.2) is 0 Å². The molecule has 4 heteroatoms. The second kappa shape index (κ2) is 6.91. The minimum Gasteiger partial charge on any atom is -0.351 e. The molecule has 0 bridgehead atoms. The molecule has 0 saturated heterocycles. The van der Waals surface area contributed by atoms with Gasteiger partial charge in [0.05, 0.1) is 6.04 Å². The quantitative estimate of drug-likeness (QED) is 0.800. The van der Waals surface area contributed by atoms with Gasteiger partial charge in [0, 0.05) is 24.2 Å². The molecule has 1 aromatic carbocycles. The van der Waals surface area contributed by atoms with Gasteiger partial charge in [0.25, 0.3) is 0 Å². The summed E-state index contributed by atoms with van der Waals surface area (Å²) >= 11 is 5.63. The van der Waals surface area contributed by atoms with Gasteiger partial charge in [-0.15, -0.1) is 0 Å². The summed E-state index contributed by atoms with van der Waals surface area (Å²) in [5.41, 5.74) is 4.61. The van der Waals surface area contributed by atoms with Crippen molar-refractivity contribution in [3.8, 4) is 0 Å². The number of ketones is 1. The average Bonchev–Trinajstić information content (AvgIpc) is 2.57. The second-order valence-electron chi connectivity index (χ2n) is 8.04. The molecule has 1 aromatic rings. The maximum absolute atomic E-state index is 12.7. The molecule has 0 amide bonds.